The molecule has 86 valence electrons. The molecular weight excluding hydrogens is 225 g/mol. The second-order valence-electron chi connectivity index (χ2n) is 2.94. The van der Waals surface area contributed by atoms with E-state index >= 15 is 0 Å². The van der Waals surface area contributed by atoms with Gasteiger partial charge in [0.2, 0.25) is 0 Å². The Morgan fingerprint density at radius 1 is 1.67 bits per heavy atom. The number of phosphoric acid groups is 1. The van der Waals surface area contributed by atoms with E-state index in [0.29, 0.717) is 12.1 Å². The number of rotatable bonds is 5. The topological polar surface area (TPSA) is 131 Å². The van der Waals surface area contributed by atoms with Crippen molar-refractivity contribution in [3.63, 3.8) is 0 Å². The van der Waals surface area contributed by atoms with E-state index in [-0.39, 0.29) is 6.61 Å². The fourth-order valence-corrected chi connectivity index (χ4v) is 1.29. The molecule has 1 rings (SSSR count). The van der Waals surface area contributed by atoms with Gasteiger partial charge in [0.15, 0.2) is 0 Å². The van der Waals surface area contributed by atoms with Crippen molar-refractivity contribution in [2.45, 2.75) is 12.5 Å². The molecule has 5 N–H and O–H groups in total. The molecule has 0 amide bonds. The minimum absolute atomic E-state index is 0.188. The second kappa shape index (κ2) is 4.73. The zero-order valence-corrected chi connectivity index (χ0v) is 8.62. The van der Waals surface area contributed by atoms with E-state index in [4.69, 9.17) is 20.6 Å². The third-order valence-corrected chi connectivity index (χ3v) is 1.92. The van der Waals surface area contributed by atoms with Crippen LogP contribution in [0.5, 0.6) is 0 Å². The third-order valence-electron chi connectivity index (χ3n) is 1.52. The number of nitrogens with two attached hydrogens (primary N) is 1. The average Bonchev–Trinajstić information content (AvgIpc) is 2.49. The van der Waals surface area contributed by atoms with Gasteiger partial charge in [0.25, 0.3) is 0 Å². The number of imidazole rings is 1. The van der Waals surface area contributed by atoms with Gasteiger partial charge in [0.05, 0.1) is 18.5 Å². The molecule has 0 aliphatic rings. The van der Waals surface area contributed by atoms with Crippen molar-refractivity contribution in [3.8, 4) is 0 Å². The average molecular weight is 237 g/mol. The van der Waals surface area contributed by atoms with Crippen LogP contribution >= 0.6 is 7.82 Å². The van der Waals surface area contributed by atoms with Crippen molar-refractivity contribution in [2.75, 3.05) is 6.61 Å². The Morgan fingerprint density at radius 3 is 2.87 bits per heavy atom. The maximum atomic E-state index is 10.4. The van der Waals surface area contributed by atoms with E-state index in [1.54, 1.807) is 0 Å². The fraction of sp³-hybridized carbons (Fsp3) is 0.500. The molecule has 1 aromatic heterocycles. The van der Waals surface area contributed by atoms with Crippen LogP contribution in [0.15, 0.2) is 12.5 Å². The lowest BCUT2D eigenvalue weighted by molar-refractivity contribution is 0.177. The first-order valence-corrected chi connectivity index (χ1v) is 5.58. The zero-order chi connectivity index (χ0) is 11.5. The highest BCUT2D eigenvalue weighted by Gasteiger charge is 2.16. The monoisotopic (exact) mass is 237 g/mol. The summed E-state index contributed by atoms with van der Waals surface area (Å²) in [6.07, 6.45) is 2.70. The van der Waals surface area contributed by atoms with E-state index in [1.807, 2.05) is 0 Å². The second-order valence-corrected chi connectivity index (χ2v) is 4.09. The van der Waals surface area contributed by atoms with Crippen molar-refractivity contribution in [2.24, 2.45) is 5.73 Å². The van der Waals surface area contributed by atoms with Crippen molar-refractivity contribution in [1.29, 1.82) is 0 Å². The van der Waals surface area contributed by atoms with Crippen LogP contribution in [-0.4, -0.2) is 37.3 Å². The maximum absolute atomic E-state index is 10.4. The molecule has 0 fully saturated rings. The zero-order valence-electron chi connectivity index (χ0n) is 7.72. The largest absolute Gasteiger partial charge is 0.543 e. The molecule has 0 aliphatic carbocycles. The van der Waals surface area contributed by atoms with E-state index in [9.17, 15) is 4.57 Å². The molecule has 1 atom stereocenters. The van der Waals surface area contributed by atoms with Gasteiger partial charge >= 0.3 is 7.82 Å². The molecule has 1 aromatic rings. The molecule has 0 radical (unpaired) electrons. The Balaban J connectivity index is 2.60. The van der Waals surface area contributed by atoms with Gasteiger partial charge in [-0.15, -0.1) is 0 Å². The van der Waals surface area contributed by atoms with Gasteiger partial charge in [-0.25, -0.2) is 9.55 Å². The molecule has 0 aromatic carbocycles. The first-order valence-electron chi connectivity index (χ1n) is 4.05. The number of aromatic nitrogens is 2. The van der Waals surface area contributed by atoms with Gasteiger partial charge in [-0.2, -0.15) is 4.73 Å². The Kier molecular flexibility index (Phi) is 3.83. The first-order chi connectivity index (χ1) is 6.90. The highest BCUT2D eigenvalue weighted by molar-refractivity contribution is 7.46. The number of aliphatic hydroxyl groups excluding tert-OH is 1. The summed E-state index contributed by atoms with van der Waals surface area (Å²) in [6, 6.07) is -0.455. The predicted octanol–water partition coefficient (Wildman–Crippen LogP) is -1.73. The quantitative estimate of drug-likeness (QED) is 0.447. The molecule has 9 heteroatoms. The summed E-state index contributed by atoms with van der Waals surface area (Å²) in [5, 5.41) is 8.67. The molecule has 8 nitrogen and oxygen atoms in total. The summed E-state index contributed by atoms with van der Waals surface area (Å²) in [4.78, 5) is 20.8. The van der Waals surface area contributed by atoms with Crippen LogP contribution in [0.4, 0.5) is 0 Å². The van der Waals surface area contributed by atoms with Crippen LogP contribution < -0.4 is 10.4 Å². The van der Waals surface area contributed by atoms with Crippen LogP contribution in [0.3, 0.4) is 0 Å². The molecule has 0 saturated carbocycles. The van der Waals surface area contributed by atoms with Crippen molar-refractivity contribution >= 4 is 7.82 Å². The molecule has 0 bridgehead atoms. The molecule has 0 aliphatic heterocycles. The third kappa shape index (κ3) is 4.41. The predicted molar refractivity (Wildman–Crippen MR) is 49.6 cm³/mol. The minimum Gasteiger partial charge on any atom is -0.395 e. The lowest BCUT2D eigenvalue weighted by atomic mass is 10.2. The van der Waals surface area contributed by atoms with Gasteiger partial charge in [-0.05, 0) is 0 Å². The van der Waals surface area contributed by atoms with Gasteiger partial charge in [0.1, 0.15) is 6.33 Å². The van der Waals surface area contributed by atoms with Crippen LogP contribution in [0.2, 0.25) is 0 Å². The Bertz CT molecular complexity index is 361. The Labute approximate surface area is 85.5 Å². The van der Waals surface area contributed by atoms with E-state index in [0.717, 1.165) is 11.1 Å². The normalized spacial score (nSPS) is 13.9. The van der Waals surface area contributed by atoms with Crippen LogP contribution in [-0.2, 0) is 11.0 Å². The summed E-state index contributed by atoms with van der Waals surface area (Å²) in [5.74, 6) is 0. The molecule has 0 spiro atoms. The van der Waals surface area contributed by atoms with Crippen molar-refractivity contribution < 1.29 is 24.1 Å². The molecular formula is C6H12N3O5P. The standard InChI is InChI=1S/C6H12N3O5P/c7-5(3-10)1-6-2-9(4-8-6)14-15(11,12)13/h2,4-5,10H,1,3,7H2,(H2,11,12,13)/t5-/m0/s1. The Morgan fingerprint density at radius 2 is 2.33 bits per heavy atom. The summed E-state index contributed by atoms with van der Waals surface area (Å²) in [6.45, 7) is -0.188. The van der Waals surface area contributed by atoms with Crippen molar-refractivity contribution in [3.05, 3.63) is 18.2 Å². The smallest absolute Gasteiger partial charge is 0.395 e. The van der Waals surface area contributed by atoms with Crippen LogP contribution in [0.1, 0.15) is 5.69 Å². The maximum Gasteiger partial charge on any atom is 0.543 e. The van der Waals surface area contributed by atoms with E-state index in [2.05, 4.69) is 9.61 Å². The summed E-state index contributed by atoms with van der Waals surface area (Å²) >= 11 is 0. The minimum atomic E-state index is -4.57. The molecule has 0 unspecified atom stereocenters. The van der Waals surface area contributed by atoms with Crippen molar-refractivity contribution in [1.82, 2.24) is 9.71 Å². The highest BCUT2D eigenvalue weighted by atomic mass is 31.2. The molecule has 15 heavy (non-hydrogen) atoms. The number of aliphatic hydroxyl groups is 1. The summed E-state index contributed by atoms with van der Waals surface area (Å²) in [5.41, 5.74) is 5.92. The van der Waals surface area contributed by atoms with Gasteiger partial charge in [0, 0.05) is 12.5 Å². The lowest BCUT2D eigenvalue weighted by Gasteiger charge is -2.05. The highest BCUT2D eigenvalue weighted by Crippen LogP contribution is 2.31. The number of nitrogens with zero attached hydrogens (tertiary/aromatic N) is 2. The summed E-state index contributed by atoms with van der Waals surface area (Å²) < 4.78 is 15.5. The fourth-order valence-electron chi connectivity index (χ4n) is 0.951. The Hall–Kier alpha value is -0.920. The SMILES string of the molecule is N[C@H](CO)Cc1cn(OP(=O)(O)O)cn1. The van der Waals surface area contributed by atoms with Gasteiger partial charge < -0.3 is 15.5 Å². The van der Waals surface area contributed by atoms with E-state index in [1.165, 1.54) is 6.20 Å². The van der Waals surface area contributed by atoms with Gasteiger partial charge in [-0.1, -0.05) is 0 Å². The van der Waals surface area contributed by atoms with Crippen LogP contribution in [0, 0.1) is 0 Å². The summed E-state index contributed by atoms with van der Waals surface area (Å²) in [7, 11) is -4.57. The van der Waals surface area contributed by atoms with E-state index < -0.39 is 13.9 Å². The lowest BCUT2D eigenvalue weighted by Crippen LogP contribution is -2.26. The van der Waals surface area contributed by atoms with Gasteiger partial charge in [-0.3, -0.25) is 9.79 Å². The first kappa shape index (κ1) is 12.2. The molecule has 1 heterocycles. The number of hydrogen-bond acceptors (Lipinski definition) is 5. The number of hydrogen-bond donors (Lipinski definition) is 4. The van der Waals surface area contributed by atoms with Crippen LogP contribution in [0.25, 0.3) is 0 Å². The molecule has 0 saturated heterocycles.